The van der Waals surface area contributed by atoms with Gasteiger partial charge in [-0.3, -0.25) is 0 Å². The number of likely N-dealkylation sites (tertiary alicyclic amines) is 1. The number of methoxy groups -OCH3 is 1. The highest BCUT2D eigenvalue weighted by Gasteiger charge is 2.34. The predicted molar refractivity (Wildman–Crippen MR) is 85.8 cm³/mol. The van der Waals surface area contributed by atoms with E-state index in [1.54, 1.807) is 20.8 Å². The van der Waals surface area contributed by atoms with Gasteiger partial charge in [-0.1, -0.05) is 0 Å². The van der Waals surface area contributed by atoms with Gasteiger partial charge < -0.3 is 14.4 Å². The molecule has 0 N–H and O–H groups in total. The van der Waals surface area contributed by atoms with Crippen molar-refractivity contribution in [2.45, 2.75) is 45.1 Å². The van der Waals surface area contributed by atoms with Gasteiger partial charge in [-0.25, -0.2) is 18.4 Å². The number of thiophene rings is 1. The highest BCUT2D eigenvalue weighted by Crippen LogP contribution is 2.38. The summed E-state index contributed by atoms with van der Waals surface area (Å²) < 4.78 is 36.0. The number of hydrogen-bond acceptors (Lipinski definition) is 5. The number of esters is 1. The van der Waals surface area contributed by atoms with Crippen LogP contribution in [0.5, 0.6) is 0 Å². The van der Waals surface area contributed by atoms with Crippen molar-refractivity contribution >= 4 is 23.4 Å². The minimum Gasteiger partial charge on any atom is -0.465 e. The van der Waals surface area contributed by atoms with E-state index in [2.05, 4.69) is 0 Å². The number of alkyl halides is 2. The number of carbonyl (C=O) groups excluding carboxylic acids is 2. The summed E-state index contributed by atoms with van der Waals surface area (Å²) in [6.45, 7) is 6.13. The number of hydrogen-bond donors (Lipinski definition) is 0. The summed E-state index contributed by atoms with van der Waals surface area (Å²) in [7, 11) is 1.22. The van der Waals surface area contributed by atoms with Crippen LogP contribution in [0.25, 0.3) is 0 Å². The second-order valence-corrected chi connectivity index (χ2v) is 7.72. The molecule has 0 saturated carbocycles. The number of rotatable bonds is 3. The second kappa shape index (κ2) is 7.04. The van der Waals surface area contributed by atoms with E-state index < -0.39 is 24.1 Å². The number of amides is 1. The van der Waals surface area contributed by atoms with E-state index in [1.807, 2.05) is 0 Å². The molecule has 8 heteroatoms. The molecule has 0 bridgehead atoms. The Hall–Kier alpha value is -1.70. The Morgan fingerprint density at radius 3 is 2.58 bits per heavy atom. The average molecular weight is 361 g/mol. The third kappa shape index (κ3) is 4.23. The molecular formula is C16H21F2NO4S. The Kier molecular flexibility index (Phi) is 5.47. The van der Waals surface area contributed by atoms with E-state index in [4.69, 9.17) is 9.47 Å². The number of halogens is 2. The van der Waals surface area contributed by atoms with Crippen LogP contribution in [0.2, 0.25) is 0 Å². The molecule has 1 fully saturated rings. The Balaban J connectivity index is 2.18. The SMILES string of the molecule is COC(=O)c1sc(C(F)F)cc1C1CCN(C(=O)OC(C)(C)C)C1. The Labute approximate surface area is 143 Å². The van der Waals surface area contributed by atoms with Crippen LogP contribution < -0.4 is 0 Å². The van der Waals surface area contributed by atoms with Crippen molar-refractivity contribution in [1.82, 2.24) is 4.90 Å². The molecule has 1 amide bonds. The summed E-state index contributed by atoms with van der Waals surface area (Å²) in [5.41, 5.74) is -0.0781. The lowest BCUT2D eigenvalue weighted by atomic mass is 9.98. The van der Waals surface area contributed by atoms with Crippen molar-refractivity contribution in [1.29, 1.82) is 0 Å². The van der Waals surface area contributed by atoms with Crippen molar-refractivity contribution in [3.05, 3.63) is 21.4 Å². The molecule has 1 aliphatic heterocycles. The minimum absolute atomic E-state index is 0.166. The summed E-state index contributed by atoms with van der Waals surface area (Å²) >= 11 is 0.748. The molecule has 5 nitrogen and oxygen atoms in total. The Morgan fingerprint density at radius 1 is 1.38 bits per heavy atom. The lowest BCUT2D eigenvalue weighted by Crippen LogP contribution is -2.35. The first kappa shape index (κ1) is 18.6. The van der Waals surface area contributed by atoms with Gasteiger partial charge >= 0.3 is 12.1 Å². The lowest BCUT2D eigenvalue weighted by Gasteiger charge is -2.24. The molecule has 1 unspecified atom stereocenters. The van der Waals surface area contributed by atoms with Gasteiger partial charge in [-0.05, 0) is 38.8 Å². The highest BCUT2D eigenvalue weighted by atomic mass is 32.1. The maximum absolute atomic E-state index is 13.0. The van der Waals surface area contributed by atoms with Gasteiger partial charge in [-0.15, -0.1) is 11.3 Å². The first-order chi connectivity index (χ1) is 11.1. The fourth-order valence-corrected chi connectivity index (χ4v) is 3.62. The third-order valence-corrected chi connectivity index (χ3v) is 4.78. The van der Waals surface area contributed by atoms with Gasteiger partial charge in [-0.2, -0.15) is 0 Å². The summed E-state index contributed by atoms with van der Waals surface area (Å²) in [5, 5.41) is 0. The quantitative estimate of drug-likeness (QED) is 0.757. The van der Waals surface area contributed by atoms with Crippen LogP contribution >= 0.6 is 11.3 Å². The standard InChI is InChI=1S/C16H21F2NO4S/c1-16(2,3)23-15(21)19-6-5-9(8-19)10-7-11(13(17)18)24-12(10)14(20)22-4/h7,9,13H,5-6,8H2,1-4H3. The van der Waals surface area contributed by atoms with Gasteiger partial charge in [0.05, 0.1) is 12.0 Å². The summed E-state index contributed by atoms with van der Waals surface area (Å²) in [5.74, 6) is -0.812. The van der Waals surface area contributed by atoms with Crippen LogP contribution in [0.15, 0.2) is 6.07 Å². The number of nitrogens with zero attached hydrogens (tertiary/aromatic N) is 1. The van der Waals surface area contributed by atoms with Gasteiger partial charge in [0.2, 0.25) is 0 Å². The van der Waals surface area contributed by atoms with Crippen LogP contribution in [0.3, 0.4) is 0 Å². The van der Waals surface area contributed by atoms with Gasteiger partial charge in [0.15, 0.2) is 0 Å². The molecule has 134 valence electrons. The first-order valence-corrected chi connectivity index (χ1v) is 8.42. The second-order valence-electron chi connectivity index (χ2n) is 6.64. The molecule has 0 aromatic carbocycles. The van der Waals surface area contributed by atoms with Gasteiger partial charge in [0, 0.05) is 19.0 Å². The van der Waals surface area contributed by atoms with Crippen LogP contribution in [0.1, 0.15) is 59.6 Å². The normalized spacial score (nSPS) is 18.1. The van der Waals surface area contributed by atoms with Crippen molar-refractivity contribution in [3.63, 3.8) is 0 Å². The molecule has 0 radical (unpaired) electrons. The van der Waals surface area contributed by atoms with E-state index >= 15 is 0 Å². The predicted octanol–water partition coefficient (Wildman–Crippen LogP) is 4.20. The van der Waals surface area contributed by atoms with E-state index in [0.717, 1.165) is 11.3 Å². The Bertz CT molecular complexity index is 624. The zero-order chi connectivity index (χ0) is 18.1. The molecule has 2 heterocycles. The summed E-state index contributed by atoms with van der Waals surface area (Å²) in [4.78, 5) is 25.5. The number of carbonyl (C=O) groups is 2. The molecular weight excluding hydrogens is 340 g/mol. The van der Waals surface area contributed by atoms with Crippen LogP contribution in [0, 0.1) is 0 Å². The largest absolute Gasteiger partial charge is 0.465 e. The van der Waals surface area contributed by atoms with Crippen molar-refractivity contribution in [2.75, 3.05) is 20.2 Å². The van der Waals surface area contributed by atoms with E-state index in [9.17, 15) is 18.4 Å². The zero-order valence-electron chi connectivity index (χ0n) is 14.1. The van der Waals surface area contributed by atoms with Gasteiger partial charge in [0.25, 0.3) is 6.43 Å². The average Bonchev–Trinajstić information content (AvgIpc) is 3.11. The highest BCUT2D eigenvalue weighted by molar-refractivity contribution is 7.14. The maximum atomic E-state index is 13.0. The molecule has 1 aromatic rings. The smallest absolute Gasteiger partial charge is 0.410 e. The fraction of sp³-hybridized carbons (Fsp3) is 0.625. The Morgan fingerprint density at radius 2 is 2.04 bits per heavy atom. The van der Waals surface area contributed by atoms with Crippen molar-refractivity contribution in [2.24, 2.45) is 0 Å². The monoisotopic (exact) mass is 361 g/mol. The minimum atomic E-state index is -2.64. The van der Waals surface area contributed by atoms with Crippen molar-refractivity contribution < 1.29 is 27.8 Å². The van der Waals surface area contributed by atoms with Gasteiger partial charge in [0.1, 0.15) is 10.5 Å². The molecule has 2 rings (SSSR count). The van der Waals surface area contributed by atoms with Crippen LogP contribution in [-0.4, -0.2) is 42.8 Å². The van der Waals surface area contributed by atoms with Crippen molar-refractivity contribution in [3.8, 4) is 0 Å². The molecule has 1 atom stereocenters. The number of ether oxygens (including phenoxy) is 2. The molecule has 1 aliphatic rings. The van der Waals surface area contributed by atoms with E-state index in [1.165, 1.54) is 18.1 Å². The van der Waals surface area contributed by atoms with Crippen LogP contribution in [-0.2, 0) is 9.47 Å². The lowest BCUT2D eigenvalue weighted by molar-refractivity contribution is 0.0292. The third-order valence-electron chi connectivity index (χ3n) is 3.65. The fourth-order valence-electron chi connectivity index (χ4n) is 2.59. The first-order valence-electron chi connectivity index (χ1n) is 7.60. The molecule has 0 spiro atoms. The summed E-state index contributed by atoms with van der Waals surface area (Å²) in [6, 6.07) is 1.35. The summed E-state index contributed by atoms with van der Waals surface area (Å²) in [6.07, 6.45) is -2.49. The molecule has 24 heavy (non-hydrogen) atoms. The zero-order valence-corrected chi connectivity index (χ0v) is 14.9. The van der Waals surface area contributed by atoms with E-state index in [-0.39, 0.29) is 15.7 Å². The molecule has 1 saturated heterocycles. The maximum Gasteiger partial charge on any atom is 0.410 e. The van der Waals surface area contributed by atoms with Crippen LogP contribution in [0.4, 0.5) is 13.6 Å². The topological polar surface area (TPSA) is 55.8 Å². The van der Waals surface area contributed by atoms with E-state index in [0.29, 0.717) is 25.1 Å². The molecule has 1 aromatic heterocycles. The molecule has 0 aliphatic carbocycles.